The van der Waals surface area contributed by atoms with Crippen LogP contribution < -0.4 is 15.5 Å². The summed E-state index contributed by atoms with van der Waals surface area (Å²) < 4.78 is 0. The van der Waals surface area contributed by atoms with Gasteiger partial charge in [0.05, 0.1) is 17.9 Å². The molecular formula is C22H27N3O2. The largest absolute Gasteiger partial charge is 0.370 e. The van der Waals surface area contributed by atoms with Crippen LogP contribution in [0.5, 0.6) is 0 Å². The second-order valence-corrected chi connectivity index (χ2v) is 7.09. The molecule has 1 aliphatic heterocycles. The van der Waals surface area contributed by atoms with Crippen molar-refractivity contribution in [3.8, 4) is 0 Å². The molecule has 0 atom stereocenters. The molecule has 1 aliphatic rings. The summed E-state index contributed by atoms with van der Waals surface area (Å²) in [6.07, 6.45) is 3.61. The number of nitrogens with one attached hydrogen (secondary N) is 2. The van der Waals surface area contributed by atoms with E-state index in [0.29, 0.717) is 5.56 Å². The molecule has 2 aromatic rings. The van der Waals surface area contributed by atoms with E-state index < -0.39 is 0 Å². The predicted octanol–water partition coefficient (Wildman–Crippen LogP) is 3.66. The fourth-order valence-electron chi connectivity index (χ4n) is 3.33. The van der Waals surface area contributed by atoms with Crippen LogP contribution in [0.1, 0.15) is 40.7 Å². The topological polar surface area (TPSA) is 61.4 Å². The van der Waals surface area contributed by atoms with E-state index in [-0.39, 0.29) is 18.4 Å². The standard InChI is InChI=1S/C22H27N3O2/c1-16-10-11-18(14-17(16)2)22(27)23-15-21(26)24-19-8-4-5-9-20(19)25-12-6-3-7-13-25/h4-5,8-11,14H,3,6-7,12-13,15H2,1-2H3,(H,23,27)(H,24,26). The molecule has 3 rings (SSSR count). The highest BCUT2D eigenvalue weighted by molar-refractivity contribution is 6.00. The summed E-state index contributed by atoms with van der Waals surface area (Å²) in [6, 6.07) is 13.4. The van der Waals surface area contributed by atoms with Crippen molar-refractivity contribution >= 4 is 23.2 Å². The van der Waals surface area contributed by atoms with E-state index in [2.05, 4.69) is 15.5 Å². The minimum absolute atomic E-state index is 0.0555. The number of nitrogens with zero attached hydrogens (tertiary/aromatic N) is 1. The number of carbonyl (C=O) groups excluding carboxylic acids is 2. The Morgan fingerprint density at radius 3 is 2.44 bits per heavy atom. The van der Waals surface area contributed by atoms with Crippen LogP contribution in [0, 0.1) is 13.8 Å². The highest BCUT2D eigenvalue weighted by Gasteiger charge is 2.16. The Hall–Kier alpha value is -2.82. The fraction of sp³-hybridized carbons (Fsp3) is 0.364. The molecule has 2 amide bonds. The summed E-state index contributed by atoms with van der Waals surface area (Å²) in [7, 11) is 0. The van der Waals surface area contributed by atoms with E-state index in [1.807, 2.05) is 50.2 Å². The second kappa shape index (κ2) is 8.71. The summed E-state index contributed by atoms with van der Waals surface area (Å²) in [5.41, 5.74) is 4.61. The Kier molecular flexibility index (Phi) is 6.12. The van der Waals surface area contributed by atoms with Gasteiger partial charge in [0.15, 0.2) is 0 Å². The van der Waals surface area contributed by atoms with Crippen LogP contribution in [-0.2, 0) is 4.79 Å². The van der Waals surface area contributed by atoms with Crippen molar-refractivity contribution in [3.63, 3.8) is 0 Å². The maximum atomic E-state index is 12.4. The van der Waals surface area contributed by atoms with Crippen molar-refractivity contribution < 1.29 is 9.59 Å². The van der Waals surface area contributed by atoms with Crippen molar-refractivity contribution in [1.82, 2.24) is 5.32 Å². The van der Waals surface area contributed by atoms with Gasteiger partial charge in [-0.1, -0.05) is 18.2 Å². The van der Waals surface area contributed by atoms with E-state index in [1.165, 1.54) is 19.3 Å². The lowest BCUT2D eigenvalue weighted by molar-refractivity contribution is -0.115. The lowest BCUT2D eigenvalue weighted by atomic mass is 10.1. The number of hydrogen-bond acceptors (Lipinski definition) is 3. The van der Waals surface area contributed by atoms with E-state index in [1.54, 1.807) is 6.07 Å². The average molecular weight is 365 g/mol. The second-order valence-electron chi connectivity index (χ2n) is 7.09. The highest BCUT2D eigenvalue weighted by atomic mass is 16.2. The van der Waals surface area contributed by atoms with Crippen molar-refractivity contribution in [2.45, 2.75) is 33.1 Å². The van der Waals surface area contributed by atoms with Crippen molar-refractivity contribution in [1.29, 1.82) is 0 Å². The number of para-hydroxylation sites is 2. The van der Waals surface area contributed by atoms with Gasteiger partial charge in [-0.15, -0.1) is 0 Å². The van der Waals surface area contributed by atoms with Crippen LogP contribution >= 0.6 is 0 Å². The molecule has 142 valence electrons. The summed E-state index contributed by atoms with van der Waals surface area (Å²) in [4.78, 5) is 27.0. The first-order chi connectivity index (χ1) is 13.0. The summed E-state index contributed by atoms with van der Waals surface area (Å²) in [5, 5.41) is 5.64. The van der Waals surface area contributed by atoms with Crippen molar-refractivity contribution in [2.24, 2.45) is 0 Å². The number of amides is 2. The first-order valence-corrected chi connectivity index (χ1v) is 9.54. The first-order valence-electron chi connectivity index (χ1n) is 9.54. The molecule has 1 heterocycles. The van der Waals surface area contributed by atoms with Gasteiger partial charge in [-0.2, -0.15) is 0 Å². The Bertz CT molecular complexity index is 826. The Morgan fingerprint density at radius 2 is 1.70 bits per heavy atom. The zero-order chi connectivity index (χ0) is 19.2. The maximum Gasteiger partial charge on any atom is 0.251 e. The first kappa shape index (κ1) is 19.0. The zero-order valence-electron chi connectivity index (χ0n) is 16.0. The average Bonchev–Trinajstić information content (AvgIpc) is 2.69. The van der Waals surface area contributed by atoms with Gasteiger partial charge < -0.3 is 15.5 Å². The number of rotatable bonds is 5. The molecule has 1 saturated heterocycles. The lowest BCUT2D eigenvalue weighted by Gasteiger charge is -2.30. The molecule has 0 aliphatic carbocycles. The summed E-state index contributed by atoms with van der Waals surface area (Å²) in [5.74, 6) is -0.464. The van der Waals surface area contributed by atoms with E-state index >= 15 is 0 Å². The molecule has 1 fully saturated rings. The van der Waals surface area contributed by atoms with Gasteiger partial charge in [-0.3, -0.25) is 9.59 Å². The summed E-state index contributed by atoms with van der Waals surface area (Å²) in [6.45, 7) is 5.94. The predicted molar refractivity (Wildman–Crippen MR) is 109 cm³/mol. The van der Waals surface area contributed by atoms with Gasteiger partial charge in [-0.05, 0) is 68.5 Å². The van der Waals surface area contributed by atoms with Crippen LogP contribution in [0.4, 0.5) is 11.4 Å². The van der Waals surface area contributed by atoms with E-state index in [9.17, 15) is 9.59 Å². The molecule has 0 radical (unpaired) electrons. The molecular weight excluding hydrogens is 338 g/mol. The van der Waals surface area contributed by atoms with Gasteiger partial charge in [0.1, 0.15) is 0 Å². The van der Waals surface area contributed by atoms with Crippen molar-refractivity contribution in [2.75, 3.05) is 29.9 Å². The molecule has 5 heteroatoms. The Labute approximate surface area is 160 Å². The number of piperidine rings is 1. The number of anilines is 2. The molecule has 5 nitrogen and oxygen atoms in total. The molecule has 0 saturated carbocycles. The molecule has 27 heavy (non-hydrogen) atoms. The van der Waals surface area contributed by atoms with Gasteiger partial charge >= 0.3 is 0 Å². The van der Waals surface area contributed by atoms with Crippen LogP contribution in [0.15, 0.2) is 42.5 Å². The van der Waals surface area contributed by atoms with Gasteiger partial charge in [0.2, 0.25) is 5.91 Å². The van der Waals surface area contributed by atoms with Crippen molar-refractivity contribution in [3.05, 3.63) is 59.2 Å². The quantitative estimate of drug-likeness (QED) is 0.850. The SMILES string of the molecule is Cc1ccc(C(=O)NCC(=O)Nc2ccccc2N2CCCCC2)cc1C. The Balaban J connectivity index is 1.59. The monoisotopic (exact) mass is 365 g/mol. The zero-order valence-corrected chi connectivity index (χ0v) is 16.0. The number of carbonyl (C=O) groups is 2. The molecule has 2 N–H and O–H groups in total. The normalized spacial score (nSPS) is 13.9. The van der Waals surface area contributed by atoms with Crippen LogP contribution in [-0.4, -0.2) is 31.4 Å². The number of hydrogen-bond donors (Lipinski definition) is 2. The van der Waals surface area contributed by atoms with Gasteiger partial charge in [0.25, 0.3) is 5.91 Å². The van der Waals surface area contributed by atoms with Crippen LogP contribution in [0.25, 0.3) is 0 Å². The highest BCUT2D eigenvalue weighted by Crippen LogP contribution is 2.28. The third-order valence-corrected chi connectivity index (χ3v) is 5.05. The van der Waals surface area contributed by atoms with Gasteiger partial charge in [-0.25, -0.2) is 0 Å². The Morgan fingerprint density at radius 1 is 0.963 bits per heavy atom. The third-order valence-electron chi connectivity index (χ3n) is 5.05. The van der Waals surface area contributed by atoms with E-state index in [4.69, 9.17) is 0 Å². The maximum absolute atomic E-state index is 12.4. The summed E-state index contributed by atoms with van der Waals surface area (Å²) >= 11 is 0. The molecule has 0 spiro atoms. The third kappa shape index (κ3) is 4.88. The smallest absolute Gasteiger partial charge is 0.251 e. The molecule has 0 unspecified atom stereocenters. The van der Waals surface area contributed by atoms with Crippen LogP contribution in [0.2, 0.25) is 0 Å². The molecule has 0 aromatic heterocycles. The lowest BCUT2D eigenvalue weighted by Crippen LogP contribution is -2.34. The molecule has 0 bridgehead atoms. The van der Waals surface area contributed by atoms with E-state index in [0.717, 1.165) is 35.6 Å². The molecule has 2 aromatic carbocycles. The number of aryl methyl sites for hydroxylation is 2. The van der Waals surface area contributed by atoms with Crippen LogP contribution in [0.3, 0.4) is 0 Å². The number of benzene rings is 2. The minimum Gasteiger partial charge on any atom is -0.370 e. The minimum atomic E-state index is -0.238. The fourth-order valence-corrected chi connectivity index (χ4v) is 3.33. The van der Waals surface area contributed by atoms with Gasteiger partial charge in [0, 0.05) is 18.7 Å².